The summed E-state index contributed by atoms with van der Waals surface area (Å²) in [5, 5.41) is 21.5. The maximum absolute atomic E-state index is 10.8. The van der Waals surface area contributed by atoms with Gasteiger partial charge < -0.3 is 0 Å². The molecule has 2 aromatic rings. The largest absolute Gasteiger partial charge is 0.269 e. The molecule has 0 bridgehead atoms. The molecule has 1 aliphatic rings. The summed E-state index contributed by atoms with van der Waals surface area (Å²) in [4.78, 5) is 20.7. The molecule has 6 heteroatoms. The first-order chi connectivity index (χ1) is 11.1. The highest BCUT2D eigenvalue weighted by Crippen LogP contribution is 2.46. The Balaban J connectivity index is 1.84. The van der Waals surface area contributed by atoms with Crippen molar-refractivity contribution in [3.8, 4) is 0 Å². The van der Waals surface area contributed by atoms with Gasteiger partial charge in [-0.15, -0.1) is 0 Å². The molecule has 0 unspecified atom stereocenters. The molecule has 0 saturated heterocycles. The Kier molecular flexibility index (Phi) is 4.06. The van der Waals surface area contributed by atoms with Crippen LogP contribution >= 0.6 is 0 Å². The van der Waals surface area contributed by atoms with Crippen molar-refractivity contribution in [2.75, 3.05) is 0 Å². The molecule has 0 heterocycles. The molecule has 0 spiro atoms. The fourth-order valence-electron chi connectivity index (χ4n) is 3.44. The molecule has 0 N–H and O–H groups in total. The third kappa shape index (κ3) is 3.06. The molecule has 1 aliphatic carbocycles. The number of non-ortho nitro benzene ring substituents is 2. The summed E-state index contributed by atoms with van der Waals surface area (Å²) in [5.74, 6) is 0.606. The van der Waals surface area contributed by atoms with Crippen molar-refractivity contribution in [3.05, 3.63) is 79.9 Å². The number of hydrogen-bond acceptors (Lipinski definition) is 4. The molecule has 2 atom stereocenters. The van der Waals surface area contributed by atoms with Crippen LogP contribution in [-0.4, -0.2) is 9.85 Å². The predicted octanol–water partition coefficient (Wildman–Crippen LogP) is 4.55. The maximum Gasteiger partial charge on any atom is 0.269 e. The zero-order valence-electron chi connectivity index (χ0n) is 12.4. The molecule has 118 valence electrons. The molecule has 0 amide bonds. The van der Waals surface area contributed by atoms with Gasteiger partial charge >= 0.3 is 0 Å². The van der Waals surface area contributed by atoms with Crippen molar-refractivity contribution in [3.63, 3.8) is 0 Å². The SMILES string of the molecule is O=[N+]([O-])c1ccc([C@H]2CCC[C@@H]2c2ccc([N+](=O)[O-])cc2)cc1. The minimum absolute atomic E-state index is 0.0960. The van der Waals surface area contributed by atoms with Crippen LogP contribution in [0.25, 0.3) is 0 Å². The standard InChI is InChI=1S/C17H16N2O4/c20-18(21)14-8-4-12(5-9-14)16-2-1-3-17(16)13-6-10-15(11-7-13)19(22)23/h4-11,16-17H,1-3H2/t16-,17-/m1/s1. The molecule has 23 heavy (non-hydrogen) atoms. The van der Waals surface area contributed by atoms with E-state index in [1.54, 1.807) is 24.3 Å². The summed E-state index contributed by atoms with van der Waals surface area (Å²) in [6.45, 7) is 0. The maximum atomic E-state index is 10.8. The Labute approximate surface area is 133 Å². The quantitative estimate of drug-likeness (QED) is 0.612. The molecule has 2 aromatic carbocycles. The first-order valence-electron chi connectivity index (χ1n) is 7.55. The van der Waals surface area contributed by atoms with Crippen LogP contribution in [0.15, 0.2) is 48.5 Å². The van der Waals surface area contributed by atoms with Gasteiger partial charge in [-0.2, -0.15) is 0 Å². The van der Waals surface area contributed by atoms with Gasteiger partial charge in [-0.1, -0.05) is 30.7 Å². The van der Waals surface area contributed by atoms with E-state index in [1.807, 2.05) is 24.3 Å². The normalized spacial score (nSPS) is 20.3. The summed E-state index contributed by atoms with van der Waals surface area (Å²) >= 11 is 0. The first-order valence-corrected chi connectivity index (χ1v) is 7.55. The van der Waals surface area contributed by atoms with E-state index >= 15 is 0 Å². The van der Waals surface area contributed by atoms with E-state index in [4.69, 9.17) is 0 Å². The van der Waals surface area contributed by atoms with Crippen LogP contribution in [0.1, 0.15) is 42.2 Å². The average molecular weight is 312 g/mol. The highest BCUT2D eigenvalue weighted by molar-refractivity contribution is 5.39. The zero-order chi connectivity index (χ0) is 16.4. The van der Waals surface area contributed by atoms with Gasteiger partial charge in [0.25, 0.3) is 11.4 Å². The third-order valence-electron chi connectivity index (χ3n) is 4.58. The van der Waals surface area contributed by atoms with Crippen LogP contribution in [0.4, 0.5) is 11.4 Å². The Morgan fingerprint density at radius 1 is 0.696 bits per heavy atom. The monoisotopic (exact) mass is 312 g/mol. The lowest BCUT2D eigenvalue weighted by atomic mass is 9.84. The minimum Gasteiger partial charge on any atom is -0.258 e. The number of nitro groups is 2. The first kappa shape index (κ1) is 15.1. The third-order valence-corrected chi connectivity index (χ3v) is 4.58. The lowest BCUT2D eigenvalue weighted by Gasteiger charge is -2.20. The predicted molar refractivity (Wildman–Crippen MR) is 85.5 cm³/mol. The molecule has 0 radical (unpaired) electrons. The van der Waals surface area contributed by atoms with E-state index in [2.05, 4.69) is 0 Å². The summed E-state index contributed by atoms with van der Waals surface area (Å²) in [6, 6.07) is 13.5. The Bertz CT molecular complexity index is 662. The van der Waals surface area contributed by atoms with Crippen molar-refractivity contribution in [2.45, 2.75) is 31.1 Å². The van der Waals surface area contributed by atoms with Gasteiger partial charge in [-0.05, 0) is 35.8 Å². The molecule has 3 rings (SSSR count). The topological polar surface area (TPSA) is 86.3 Å². The van der Waals surface area contributed by atoms with Crippen LogP contribution in [0.5, 0.6) is 0 Å². The Morgan fingerprint density at radius 3 is 1.35 bits per heavy atom. The number of nitro benzene ring substituents is 2. The number of hydrogen-bond donors (Lipinski definition) is 0. The average Bonchev–Trinajstić information content (AvgIpc) is 3.04. The molecule has 1 fully saturated rings. The summed E-state index contributed by atoms with van der Waals surface area (Å²) in [6.07, 6.45) is 3.14. The van der Waals surface area contributed by atoms with E-state index in [-0.39, 0.29) is 11.4 Å². The fourth-order valence-corrected chi connectivity index (χ4v) is 3.44. The van der Waals surface area contributed by atoms with Crippen LogP contribution in [0.3, 0.4) is 0 Å². The highest BCUT2D eigenvalue weighted by Gasteiger charge is 2.30. The van der Waals surface area contributed by atoms with E-state index in [1.165, 1.54) is 0 Å². The lowest BCUT2D eigenvalue weighted by Crippen LogP contribution is -2.05. The van der Waals surface area contributed by atoms with Crippen LogP contribution in [-0.2, 0) is 0 Å². The van der Waals surface area contributed by atoms with Gasteiger partial charge in [0.15, 0.2) is 0 Å². The van der Waals surface area contributed by atoms with Crippen LogP contribution in [0.2, 0.25) is 0 Å². The molecular weight excluding hydrogens is 296 g/mol. The molecular formula is C17H16N2O4. The highest BCUT2D eigenvalue weighted by atomic mass is 16.6. The van der Waals surface area contributed by atoms with Crippen molar-refractivity contribution in [1.82, 2.24) is 0 Å². The van der Waals surface area contributed by atoms with Gasteiger partial charge in [0.1, 0.15) is 0 Å². The minimum atomic E-state index is -0.397. The second kappa shape index (κ2) is 6.16. The van der Waals surface area contributed by atoms with E-state index in [0.717, 1.165) is 30.4 Å². The second-order valence-electron chi connectivity index (χ2n) is 5.84. The van der Waals surface area contributed by atoms with Crippen molar-refractivity contribution in [2.24, 2.45) is 0 Å². The van der Waals surface area contributed by atoms with E-state index in [0.29, 0.717) is 11.8 Å². The number of benzene rings is 2. The zero-order valence-corrected chi connectivity index (χ0v) is 12.4. The Morgan fingerprint density at radius 2 is 1.04 bits per heavy atom. The smallest absolute Gasteiger partial charge is 0.258 e. The van der Waals surface area contributed by atoms with E-state index in [9.17, 15) is 20.2 Å². The summed E-state index contributed by atoms with van der Waals surface area (Å²) in [5.41, 5.74) is 2.38. The second-order valence-corrected chi connectivity index (χ2v) is 5.84. The van der Waals surface area contributed by atoms with Gasteiger partial charge in [-0.3, -0.25) is 20.2 Å². The van der Waals surface area contributed by atoms with Gasteiger partial charge in [0.05, 0.1) is 9.85 Å². The van der Waals surface area contributed by atoms with E-state index < -0.39 is 9.85 Å². The van der Waals surface area contributed by atoms with Gasteiger partial charge in [0.2, 0.25) is 0 Å². The van der Waals surface area contributed by atoms with Crippen LogP contribution < -0.4 is 0 Å². The molecule has 0 aromatic heterocycles. The van der Waals surface area contributed by atoms with Crippen molar-refractivity contribution in [1.29, 1.82) is 0 Å². The van der Waals surface area contributed by atoms with Gasteiger partial charge in [0, 0.05) is 24.3 Å². The number of rotatable bonds is 4. The number of nitrogens with zero attached hydrogens (tertiary/aromatic N) is 2. The van der Waals surface area contributed by atoms with Gasteiger partial charge in [-0.25, -0.2) is 0 Å². The Hall–Kier alpha value is -2.76. The van der Waals surface area contributed by atoms with Crippen molar-refractivity contribution >= 4 is 11.4 Å². The molecule has 0 aliphatic heterocycles. The molecule has 6 nitrogen and oxygen atoms in total. The van der Waals surface area contributed by atoms with Crippen LogP contribution in [0, 0.1) is 20.2 Å². The summed E-state index contributed by atoms with van der Waals surface area (Å²) in [7, 11) is 0. The lowest BCUT2D eigenvalue weighted by molar-refractivity contribution is -0.385. The summed E-state index contributed by atoms with van der Waals surface area (Å²) < 4.78 is 0. The molecule has 1 saturated carbocycles. The fraction of sp³-hybridized carbons (Fsp3) is 0.294. The van der Waals surface area contributed by atoms with Crippen molar-refractivity contribution < 1.29 is 9.85 Å².